The molecule has 1 saturated heterocycles. The number of nitrogens with one attached hydrogen (secondary N) is 1. The molecule has 0 aromatic heterocycles. The van der Waals surface area contributed by atoms with Gasteiger partial charge in [-0.15, -0.1) is 0 Å². The summed E-state index contributed by atoms with van der Waals surface area (Å²) in [6.45, 7) is 13.1. The lowest BCUT2D eigenvalue weighted by Crippen LogP contribution is -2.44. The van der Waals surface area contributed by atoms with Crippen LogP contribution in [0, 0.1) is 5.92 Å². The summed E-state index contributed by atoms with van der Waals surface area (Å²) in [6.07, 6.45) is 6.57. The monoisotopic (exact) mass is 240 g/mol. The van der Waals surface area contributed by atoms with Crippen LogP contribution in [-0.2, 0) is 0 Å². The average molecular weight is 240 g/mol. The van der Waals surface area contributed by atoms with E-state index < -0.39 is 0 Å². The maximum absolute atomic E-state index is 3.70. The van der Waals surface area contributed by atoms with Gasteiger partial charge in [-0.05, 0) is 38.8 Å². The van der Waals surface area contributed by atoms with E-state index in [1.807, 2.05) is 0 Å². The van der Waals surface area contributed by atoms with Gasteiger partial charge in [0.15, 0.2) is 0 Å². The van der Waals surface area contributed by atoms with Crippen molar-refractivity contribution in [1.82, 2.24) is 10.2 Å². The minimum Gasteiger partial charge on any atom is -0.313 e. The van der Waals surface area contributed by atoms with Crippen LogP contribution in [0.1, 0.15) is 59.8 Å². The molecule has 17 heavy (non-hydrogen) atoms. The molecule has 2 heteroatoms. The van der Waals surface area contributed by atoms with Crippen molar-refractivity contribution in [3.63, 3.8) is 0 Å². The Kier molecular flexibility index (Phi) is 7.14. The van der Waals surface area contributed by atoms with Crippen LogP contribution in [0.3, 0.4) is 0 Å². The van der Waals surface area contributed by atoms with Crippen LogP contribution in [-0.4, -0.2) is 36.6 Å². The lowest BCUT2D eigenvalue weighted by molar-refractivity contribution is 0.144. The molecular formula is C15H32N2. The quantitative estimate of drug-likeness (QED) is 0.766. The van der Waals surface area contributed by atoms with Gasteiger partial charge in [0, 0.05) is 18.6 Å². The molecular weight excluding hydrogens is 208 g/mol. The van der Waals surface area contributed by atoms with E-state index in [0.717, 1.165) is 18.0 Å². The van der Waals surface area contributed by atoms with E-state index in [4.69, 9.17) is 0 Å². The summed E-state index contributed by atoms with van der Waals surface area (Å²) in [6, 6.07) is 1.48. The molecule has 0 aromatic rings. The maximum Gasteiger partial charge on any atom is 0.0195 e. The smallest absolute Gasteiger partial charge is 0.0195 e. The van der Waals surface area contributed by atoms with Crippen molar-refractivity contribution in [3.8, 4) is 0 Å². The number of nitrogens with zero attached hydrogens (tertiary/aromatic N) is 1. The minimum absolute atomic E-state index is 0.722. The molecule has 1 fully saturated rings. The molecule has 1 aliphatic heterocycles. The molecule has 0 aliphatic carbocycles. The normalized spacial score (nSPS) is 24.9. The van der Waals surface area contributed by atoms with Gasteiger partial charge in [0.05, 0.1) is 0 Å². The second-order valence-corrected chi connectivity index (χ2v) is 5.61. The molecule has 0 aromatic carbocycles. The summed E-state index contributed by atoms with van der Waals surface area (Å²) in [7, 11) is 0. The van der Waals surface area contributed by atoms with Crippen LogP contribution in [0.2, 0.25) is 0 Å². The largest absolute Gasteiger partial charge is 0.313 e. The first-order chi connectivity index (χ1) is 8.22. The summed E-state index contributed by atoms with van der Waals surface area (Å²) in [4.78, 5) is 2.73. The Hall–Kier alpha value is -0.0800. The Balaban J connectivity index is 2.54. The highest BCUT2D eigenvalue weighted by Gasteiger charge is 2.24. The second kappa shape index (κ2) is 8.10. The van der Waals surface area contributed by atoms with Gasteiger partial charge in [0.2, 0.25) is 0 Å². The predicted octanol–water partition coefficient (Wildman–Crippen LogP) is 3.28. The molecule has 0 bridgehead atoms. The van der Waals surface area contributed by atoms with Crippen molar-refractivity contribution in [2.24, 2.45) is 5.92 Å². The molecule has 0 amide bonds. The molecule has 0 radical (unpaired) electrons. The molecule has 1 heterocycles. The zero-order valence-electron chi connectivity index (χ0n) is 12.3. The molecule has 1 N–H and O–H groups in total. The van der Waals surface area contributed by atoms with Crippen molar-refractivity contribution < 1.29 is 0 Å². The van der Waals surface area contributed by atoms with Gasteiger partial charge in [0.25, 0.3) is 0 Å². The van der Waals surface area contributed by atoms with Crippen molar-refractivity contribution in [2.45, 2.75) is 71.9 Å². The fourth-order valence-corrected chi connectivity index (χ4v) is 3.21. The SMILES string of the molecule is CCCC1CN(C(C)C(CC)CC)CCCN1. The Morgan fingerprint density at radius 2 is 1.94 bits per heavy atom. The van der Waals surface area contributed by atoms with E-state index in [2.05, 4.69) is 37.9 Å². The van der Waals surface area contributed by atoms with E-state index in [0.29, 0.717) is 0 Å². The zero-order valence-corrected chi connectivity index (χ0v) is 12.3. The predicted molar refractivity (Wildman–Crippen MR) is 76.4 cm³/mol. The third kappa shape index (κ3) is 4.59. The summed E-state index contributed by atoms with van der Waals surface area (Å²) < 4.78 is 0. The second-order valence-electron chi connectivity index (χ2n) is 5.61. The first-order valence-corrected chi connectivity index (χ1v) is 7.70. The van der Waals surface area contributed by atoms with Gasteiger partial charge in [-0.2, -0.15) is 0 Å². The van der Waals surface area contributed by atoms with Crippen molar-refractivity contribution in [2.75, 3.05) is 19.6 Å². The molecule has 1 rings (SSSR count). The van der Waals surface area contributed by atoms with E-state index in [9.17, 15) is 0 Å². The summed E-state index contributed by atoms with van der Waals surface area (Å²) in [5.41, 5.74) is 0. The fraction of sp³-hybridized carbons (Fsp3) is 1.00. The van der Waals surface area contributed by atoms with E-state index in [1.54, 1.807) is 0 Å². The van der Waals surface area contributed by atoms with Crippen LogP contribution >= 0.6 is 0 Å². The fourth-order valence-electron chi connectivity index (χ4n) is 3.21. The molecule has 102 valence electrons. The Morgan fingerprint density at radius 3 is 2.53 bits per heavy atom. The summed E-state index contributed by atoms with van der Waals surface area (Å²) in [5.74, 6) is 0.871. The number of hydrogen-bond donors (Lipinski definition) is 1. The van der Waals surface area contributed by atoms with Crippen molar-refractivity contribution in [3.05, 3.63) is 0 Å². The Labute approximate surface area is 108 Å². The molecule has 0 spiro atoms. The van der Waals surface area contributed by atoms with Gasteiger partial charge < -0.3 is 5.32 Å². The highest BCUT2D eigenvalue weighted by Crippen LogP contribution is 2.20. The summed E-state index contributed by atoms with van der Waals surface area (Å²) >= 11 is 0. The minimum atomic E-state index is 0.722. The van der Waals surface area contributed by atoms with Gasteiger partial charge in [-0.1, -0.05) is 40.0 Å². The third-order valence-corrected chi connectivity index (χ3v) is 4.45. The van der Waals surface area contributed by atoms with Gasteiger partial charge in [0.1, 0.15) is 0 Å². The molecule has 2 atom stereocenters. The average Bonchev–Trinajstić information content (AvgIpc) is 2.56. The highest BCUT2D eigenvalue weighted by atomic mass is 15.2. The topological polar surface area (TPSA) is 15.3 Å². The van der Waals surface area contributed by atoms with Crippen molar-refractivity contribution in [1.29, 1.82) is 0 Å². The lowest BCUT2D eigenvalue weighted by atomic mass is 9.93. The van der Waals surface area contributed by atoms with Crippen molar-refractivity contribution >= 4 is 0 Å². The summed E-state index contributed by atoms with van der Waals surface area (Å²) in [5, 5.41) is 3.70. The third-order valence-electron chi connectivity index (χ3n) is 4.45. The number of hydrogen-bond acceptors (Lipinski definition) is 2. The molecule has 2 unspecified atom stereocenters. The van der Waals surface area contributed by atoms with E-state index >= 15 is 0 Å². The van der Waals surface area contributed by atoms with Crippen LogP contribution in [0.25, 0.3) is 0 Å². The lowest BCUT2D eigenvalue weighted by Gasteiger charge is -2.34. The standard InChI is InChI=1S/C15H32N2/c1-5-9-15-12-17(11-8-10-16-15)13(4)14(6-2)7-3/h13-16H,5-12H2,1-4H3. The Bertz CT molecular complexity index is 189. The highest BCUT2D eigenvalue weighted by molar-refractivity contribution is 4.82. The maximum atomic E-state index is 3.70. The first-order valence-electron chi connectivity index (χ1n) is 7.70. The Morgan fingerprint density at radius 1 is 1.24 bits per heavy atom. The van der Waals surface area contributed by atoms with Crippen LogP contribution in [0.5, 0.6) is 0 Å². The van der Waals surface area contributed by atoms with Crippen LogP contribution < -0.4 is 5.32 Å². The molecule has 2 nitrogen and oxygen atoms in total. The van der Waals surface area contributed by atoms with Gasteiger partial charge in [-0.25, -0.2) is 0 Å². The van der Waals surface area contributed by atoms with E-state index in [1.165, 1.54) is 51.7 Å². The van der Waals surface area contributed by atoms with Crippen LogP contribution in [0.4, 0.5) is 0 Å². The molecule has 0 saturated carbocycles. The molecule has 1 aliphatic rings. The zero-order chi connectivity index (χ0) is 12.7. The van der Waals surface area contributed by atoms with Crippen LogP contribution in [0.15, 0.2) is 0 Å². The van der Waals surface area contributed by atoms with Gasteiger partial charge in [-0.3, -0.25) is 4.90 Å². The van der Waals surface area contributed by atoms with Gasteiger partial charge >= 0.3 is 0 Å². The number of rotatable bonds is 6. The van der Waals surface area contributed by atoms with E-state index in [-0.39, 0.29) is 0 Å². The first kappa shape index (κ1) is 15.0.